The van der Waals surface area contributed by atoms with Crippen LogP contribution in [0.15, 0.2) is 0 Å². The zero-order valence-corrected chi connectivity index (χ0v) is 8.44. The largest absolute Gasteiger partial charge is 1.00 e. The van der Waals surface area contributed by atoms with Crippen LogP contribution in [0.2, 0.25) is 0 Å². The van der Waals surface area contributed by atoms with Crippen LogP contribution < -0.4 is 29.6 Å². The summed E-state index contributed by atoms with van der Waals surface area (Å²) in [7, 11) is -5.14. The summed E-state index contributed by atoms with van der Waals surface area (Å²) in [5.74, 6) is 0. The van der Waals surface area contributed by atoms with Gasteiger partial charge in [-0.15, -0.1) is 4.20 Å². The van der Waals surface area contributed by atoms with Crippen molar-refractivity contribution >= 4 is 7.91 Å². The molecule has 0 saturated heterocycles. The van der Waals surface area contributed by atoms with E-state index in [0.29, 0.717) is 0 Å². The summed E-state index contributed by atoms with van der Waals surface area (Å²) >= 11 is 0. The van der Waals surface area contributed by atoms with Crippen LogP contribution in [0.5, 0.6) is 0 Å². The summed E-state index contributed by atoms with van der Waals surface area (Å²) in [4.78, 5) is 13.9. The van der Waals surface area contributed by atoms with Crippen molar-refractivity contribution in [1.29, 1.82) is 0 Å². The Bertz CT molecular complexity index is 74.9. The molecule has 0 heterocycles. The van der Waals surface area contributed by atoms with E-state index in [0.717, 1.165) is 6.42 Å². The van der Waals surface area contributed by atoms with Crippen molar-refractivity contribution in [2.24, 2.45) is 0 Å². The molecule has 0 saturated carbocycles. The SMILES string of the molecule is O=P(O)(O)F.[CH2-]CC.[Na+]. The molecule has 6 heteroatoms. The molecule has 0 aromatic carbocycles. The first-order valence-corrected chi connectivity index (χ1v) is 3.46. The van der Waals surface area contributed by atoms with Crippen LogP contribution in [0, 0.1) is 6.92 Å². The molecule has 2 N–H and O–H groups in total. The summed E-state index contributed by atoms with van der Waals surface area (Å²) in [6, 6.07) is 0. The van der Waals surface area contributed by atoms with Crippen LogP contribution in [0.25, 0.3) is 0 Å². The fourth-order valence-electron chi connectivity index (χ4n) is 0. The Hall–Kier alpha value is 1.08. The van der Waals surface area contributed by atoms with Gasteiger partial charge in [-0.05, 0) is 0 Å². The van der Waals surface area contributed by atoms with Crippen molar-refractivity contribution in [3.8, 4) is 0 Å². The van der Waals surface area contributed by atoms with Crippen LogP contribution in [0.1, 0.15) is 13.3 Å². The second-order valence-electron chi connectivity index (χ2n) is 0.973. The summed E-state index contributed by atoms with van der Waals surface area (Å²) in [6.45, 7) is 5.50. The van der Waals surface area contributed by atoms with Crippen LogP contribution in [-0.4, -0.2) is 9.79 Å². The maximum atomic E-state index is 10.4. The molecule has 9 heavy (non-hydrogen) atoms. The molecule has 0 unspecified atom stereocenters. The summed E-state index contributed by atoms with van der Waals surface area (Å²) in [5, 5.41) is 0. The first kappa shape index (κ1) is 16.6. The Balaban J connectivity index is -0.0000000800. The van der Waals surface area contributed by atoms with Crippen LogP contribution >= 0.6 is 7.91 Å². The molecular weight excluding hydrogens is 157 g/mol. The monoisotopic (exact) mass is 166 g/mol. The minimum Gasteiger partial charge on any atom is -0.344 e. The van der Waals surface area contributed by atoms with Gasteiger partial charge in [0.2, 0.25) is 0 Å². The van der Waals surface area contributed by atoms with Gasteiger partial charge in [-0.1, -0.05) is 6.92 Å². The van der Waals surface area contributed by atoms with E-state index in [2.05, 4.69) is 6.92 Å². The molecule has 0 aliphatic heterocycles. The van der Waals surface area contributed by atoms with E-state index in [9.17, 15) is 4.20 Å². The van der Waals surface area contributed by atoms with Crippen molar-refractivity contribution < 1.29 is 48.1 Å². The van der Waals surface area contributed by atoms with E-state index in [1.165, 1.54) is 0 Å². The molecular formula is C3H9FNaO3P. The quantitative estimate of drug-likeness (QED) is 0.256. The third-order valence-corrected chi connectivity index (χ3v) is 0. The minimum atomic E-state index is -5.14. The molecule has 0 radical (unpaired) electrons. The topological polar surface area (TPSA) is 57.5 Å². The Labute approximate surface area is 76.2 Å². The third kappa shape index (κ3) is 390. The van der Waals surface area contributed by atoms with Crippen LogP contribution in [0.4, 0.5) is 4.20 Å². The minimum absolute atomic E-state index is 0. The average molecular weight is 166 g/mol. The van der Waals surface area contributed by atoms with E-state index in [4.69, 9.17) is 14.4 Å². The van der Waals surface area contributed by atoms with Gasteiger partial charge >= 0.3 is 37.5 Å². The summed E-state index contributed by atoms with van der Waals surface area (Å²) in [5.41, 5.74) is 0. The van der Waals surface area contributed by atoms with Crippen molar-refractivity contribution in [2.75, 3.05) is 0 Å². The molecule has 0 fully saturated rings. The molecule has 0 bridgehead atoms. The smallest absolute Gasteiger partial charge is 0.344 e. The maximum Gasteiger partial charge on any atom is 1.00 e. The standard InChI is InChI=1S/C3H7.FH2O3P.Na/c1-3-2;1-5(2,3)4;/h1,3H2,2H3;(H2,2,3,4);/q-1;;+1. The Morgan fingerprint density at radius 3 is 1.67 bits per heavy atom. The molecule has 0 aromatic heterocycles. The normalized spacial score (nSPS) is 8.56. The van der Waals surface area contributed by atoms with Gasteiger partial charge in [-0.3, -0.25) is 9.79 Å². The zero-order valence-electron chi connectivity index (χ0n) is 5.54. The van der Waals surface area contributed by atoms with Gasteiger partial charge in [0.1, 0.15) is 0 Å². The van der Waals surface area contributed by atoms with Gasteiger partial charge in [0.25, 0.3) is 0 Å². The van der Waals surface area contributed by atoms with Crippen molar-refractivity contribution in [1.82, 2.24) is 0 Å². The van der Waals surface area contributed by atoms with E-state index >= 15 is 0 Å². The molecule has 0 aromatic rings. The first-order valence-electron chi connectivity index (χ1n) is 1.96. The Morgan fingerprint density at radius 1 is 1.67 bits per heavy atom. The molecule has 0 atom stereocenters. The zero-order chi connectivity index (χ0) is 7.21. The van der Waals surface area contributed by atoms with Gasteiger partial charge in [0.05, 0.1) is 0 Å². The van der Waals surface area contributed by atoms with E-state index < -0.39 is 7.91 Å². The van der Waals surface area contributed by atoms with Crippen LogP contribution in [0.3, 0.4) is 0 Å². The second-order valence-corrected chi connectivity index (χ2v) is 1.92. The molecule has 0 rings (SSSR count). The second kappa shape index (κ2) is 9.08. The van der Waals surface area contributed by atoms with Crippen molar-refractivity contribution in [3.05, 3.63) is 6.92 Å². The number of rotatable bonds is 0. The Morgan fingerprint density at radius 2 is 1.67 bits per heavy atom. The predicted octanol–water partition coefficient (Wildman–Crippen LogP) is -1.72. The molecule has 0 aliphatic rings. The Kier molecular flexibility index (Phi) is 16.7. The molecule has 0 amide bonds. The number of hydrogen-bond donors (Lipinski definition) is 2. The fourth-order valence-corrected chi connectivity index (χ4v) is 0. The van der Waals surface area contributed by atoms with Crippen molar-refractivity contribution in [3.63, 3.8) is 0 Å². The van der Waals surface area contributed by atoms with E-state index in [-0.39, 0.29) is 29.6 Å². The van der Waals surface area contributed by atoms with Gasteiger partial charge < -0.3 is 6.92 Å². The molecule has 0 aliphatic carbocycles. The van der Waals surface area contributed by atoms with E-state index in [1.54, 1.807) is 0 Å². The van der Waals surface area contributed by atoms with Gasteiger partial charge in [-0.2, -0.15) is 6.42 Å². The van der Waals surface area contributed by atoms with Gasteiger partial charge in [0.15, 0.2) is 0 Å². The van der Waals surface area contributed by atoms with Gasteiger partial charge in [0, 0.05) is 0 Å². The number of hydrogen-bond acceptors (Lipinski definition) is 1. The summed E-state index contributed by atoms with van der Waals surface area (Å²) in [6.07, 6.45) is 1.00. The van der Waals surface area contributed by atoms with Gasteiger partial charge in [-0.25, -0.2) is 4.57 Å². The number of halogens is 1. The molecule has 0 spiro atoms. The van der Waals surface area contributed by atoms with E-state index in [1.807, 2.05) is 6.92 Å². The molecule has 3 nitrogen and oxygen atoms in total. The fraction of sp³-hybridized carbons (Fsp3) is 0.667. The predicted molar refractivity (Wildman–Crippen MR) is 28.8 cm³/mol. The maximum absolute atomic E-state index is 10.4. The average Bonchev–Trinajstić information content (AvgIpc) is 1.27. The summed E-state index contributed by atoms with van der Waals surface area (Å²) < 4.78 is 19.0. The molecule has 52 valence electrons. The third-order valence-electron chi connectivity index (χ3n) is 0. The first-order chi connectivity index (χ1) is 3.41. The van der Waals surface area contributed by atoms with Crippen molar-refractivity contribution in [2.45, 2.75) is 13.3 Å². The van der Waals surface area contributed by atoms with Crippen LogP contribution in [-0.2, 0) is 4.57 Å².